The molecule has 4 aliphatic carbocycles. The van der Waals surface area contributed by atoms with Gasteiger partial charge in [-0.1, -0.05) is 0 Å². The first-order valence-electron chi connectivity index (χ1n) is 7.61. The Balaban J connectivity index is 1.65. The zero-order valence-corrected chi connectivity index (χ0v) is 11.3. The molecule has 0 aliphatic heterocycles. The summed E-state index contributed by atoms with van der Waals surface area (Å²) in [7, 11) is 0. The Morgan fingerprint density at radius 1 is 0.950 bits per heavy atom. The van der Waals surface area contributed by atoms with Gasteiger partial charge in [-0.2, -0.15) is 0 Å². The molecule has 1 nitrogen and oxygen atoms in total. The molecule has 0 atom stereocenters. The monoisotopic (exact) mass is 276 g/mol. The van der Waals surface area contributed by atoms with Gasteiger partial charge in [0.1, 0.15) is 11.6 Å². The molecule has 0 N–H and O–H groups in total. The van der Waals surface area contributed by atoms with Crippen LogP contribution in [0.2, 0.25) is 0 Å². The average molecular weight is 276 g/mol. The summed E-state index contributed by atoms with van der Waals surface area (Å²) in [6, 6.07) is 3.33. The molecule has 0 aromatic heterocycles. The highest BCUT2D eigenvalue weighted by Gasteiger charge is 2.50. The summed E-state index contributed by atoms with van der Waals surface area (Å²) in [4.78, 5) is 12.7. The molecule has 20 heavy (non-hydrogen) atoms. The third kappa shape index (κ3) is 1.82. The smallest absolute Gasteiger partial charge is 0.169 e. The number of rotatable bonds is 2. The van der Waals surface area contributed by atoms with Crippen molar-refractivity contribution in [2.45, 2.75) is 32.1 Å². The van der Waals surface area contributed by atoms with E-state index in [2.05, 4.69) is 0 Å². The van der Waals surface area contributed by atoms with Crippen molar-refractivity contribution in [2.24, 2.45) is 29.6 Å². The van der Waals surface area contributed by atoms with Crippen LogP contribution < -0.4 is 0 Å². The van der Waals surface area contributed by atoms with Crippen LogP contribution in [0.5, 0.6) is 0 Å². The first-order chi connectivity index (χ1) is 9.61. The van der Waals surface area contributed by atoms with Crippen molar-refractivity contribution in [2.75, 3.05) is 0 Å². The zero-order chi connectivity index (χ0) is 13.9. The predicted octanol–water partition coefficient (Wildman–Crippen LogP) is 4.22. The van der Waals surface area contributed by atoms with Crippen LogP contribution >= 0.6 is 0 Å². The van der Waals surface area contributed by atoms with Crippen LogP contribution in [0.4, 0.5) is 8.78 Å². The van der Waals surface area contributed by atoms with Gasteiger partial charge in [-0.3, -0.25) is 4.79 Å². The van der Waals surface area contributed by atoms with Gasteiger partial charge in [0.25, 0.3) is 0 Å². The molecule has 0 unspecified atom stereocenters. The minimum atomic E-state index is -0.705. The Labute approximate surface area is 117 Å². The van der Waals surface area contributed by atoms with Crippen LogP contribution in [0.3, 0.4) is 0 Å². The number of carbonyl (C=O) groups excluding carboxylic acids is 1. The van der Waals surface area contributed by atoms with Crippen LogP contribution in [0.25, 0.3) is 0 Å². The fourth-order valence-corrected chi connectivity index (χ4v) is 5.22. The highest BCUT2D eigenvalue weighted by atomic mass is 19.1. The van der Waals surface area contributed by atoms with E-state index < -0.39 is 11.6 Å². The van der Waals surface area contributed by atoms with E-state index in [1.54, 1.807) is 0 Å². The Hall–Kier alpha value is -1.25. The van der Waals surface area contributed by atoms with Crippen molar-refractivity contribution in [3.63, 3.8) is 0 Å². The van der Waals surface area contributed by atoms with Crippen LogP contribution in [0.1, 0.15) is 42.5 Å². The minimum Gasteiger partial charge on any atom is -0.294 e. The zero-order valence-electron chi connectivity index (χ0n) is 11.3. The van der Waals surface area contributed by atoms with E-state index in [0.29, 0.717) is 11.8 Å². The molecule has 0 spiro atoms. The first kappa shape index (κ1) is 12.5. The van der Waals surface area contributed by atoms with Gasteiger partial charge in [0, 0.05) is 12.0 Å². The highest BCUT2D eigenvalue weighted by molar-refractivity contribution is 5.98. The number of ketones is 1. The number of hydrogen-bond donors (Lipinski definition) is 0. The summed E-state index contributed by atoms with van der Waals surface area (Å²) in [5, 5.41) is 0. The highest BCUT2D eigenvalue weighted by Crippen LogP contribution is 2.57. The second-order valence-corrected chi connectivity index (χ2v) is 6.94. The molecule has 0 amide bonds. The summed E-state index contributed by atoms with van der Waals surface area (Å²) in [6.07, 6.45) is 5.86. The minimum absolute atomic E-state index is 0.0252. The van der Waals surface area contributed by atoms with Crippen LogP contribution in [-0.4, -0.2) is 5.78 Å². The molecular weight excluding hydrogens is 258 g/mol. The molecule has 1 aromatic carbocycles. The molecule has 0 saturated heterocycles. The molecule has 5 rings (SSSR count). The van der Waals surface area contributed by atoms with Crippen molar-refractivity contribution in [1.82, 2.24) is 0 Å². The standard InChI is InChI=1S/C17H18F2O/c18-13-1-2-14(15(19)8-13)17(20)16-11-4-9-3-10(6-11)7-12(16)5-9/h1-2,8-12,16H,3-7H2. The molecular formula is C17H18F2O. The maximum Gasteiger partial charge on any atom is 0.169 e. The van der Waals surface area contributed by atoms with E-state index in [4.69, 9.17) is 0 Å². The third-order valence-electron chi connectivity index (χ3n) is 5.73. The summed E-state index contributed by atoms with van der Waals surface area (Å²) < 4.78 is 26.8. The summed E-state index contributed by atoms with van der Waals surface area (Å²) >= 11 is 0. The van der Waals surface area contributed by atoms with Crippen molar-refractivity contribution >= 4 is 5.78 Å². The maximum absolute atomic E-state index is 13.9. The molecule has 0 radical (unpaired) electrons. The molecule has 106 valence electrons. The number of hydrogen-bond acceptors (Lipinski definition) is 1. The largest absolute Gasteiger partial charge is 0.294 e. The lowest BCUT2D eigenvalue weighted by Gasteiger charge is -2.53. The van der Waals surface area contributed by atoms with Gasteiger partial charge in [-0.25, -0.2) is 8.78 Å². The van der Waals surface area contributed by atoms with Gasteiger partial charge in [-0.15, -0.1) is 0 Å². The van der Waals surface area contributed by atoms with E-state index in [1.807, 2.05) is 0 Å². The lowest BCUT2D eigenvalue weighted by Crippen LogP contribution is -2.48. The van der Waals surface area contributed by atoms with Crippen LogP contribution in [-0.2, 0) is 0 Å². The fraction of sp³-hybridized carbons (Fsp3) is 0.588. The van der Waals surface area contributed by atoms with Gasteiger partial charge >= 0.3 is 0 Å². The first-order valence-corrected chi connectivity index (χ1v) is 7.61. The van der Waals surface area contributed by atoms with Gasteiger partial charge in [0.2, 0.25) is 0 Å². The second kappa shape index (κ2) is 4.37. The predicted molar refractivity (Wildman–Crippen MR) is 71.2 cm³/mol. The molecule has 3 heteroatoms. The Morgan fingerprint density at radius 2 is 1.55 bits per heavy atom. The number of Topliss-reactive ketones (excluding diaryl/α,β-unsaturated/α-hetero) is 1. The lowest BCUT2D eigenvalue weighted by atomic mass is 9.51. The fourth-order valence-electron chi connectivity index (χ4n) is 5.22. The maximum atomic E-state index is 13.9. The van der Waals surface area contributed by atoms with Gasteiger partial charge in [0.05, 0.1) is 5.56 Å². The van der Waals surface area contributed by atoms with Gasteiger partial charge in [0.15, 0.2) is 5.78 Å². The van der Waals surface area contributed by atoms with Crippen LogP contribution in [0, 0.1) is 41.2 Å². The van der Waals surface area contributed by atoms with E-state index in [-0.39, 0.29) is 17.3 Å². The lowest BCUT2D eigenvalue weighted by molar-refractivity contribution is -0.0252. The summed E-state index contributed by atoms with van der Waals surface area (Å²) in [5.74, 6) is 1.01. The summed E-state index contributed by atoms with van der Waals surface area (Å²) in [6.45, 7) is 0. The Kier molecular flexibility index (Phi) is 2.73. The SMILES string of the molecule is O=C(c1ccc(F)cc1F)C1C2CC3CC(C2)CC1C3. The average Bonchev–Trinajstić information content (AvgIpc) is 2.37. The molecule has 0 heterocycles. The summed E-state index contributed by atoms with van der Waals surface area (Å²) in [5.41, 5.74) is 0.0869. The normalized spacial score (nSPS) is 38.2. The van der Waals surface area contributed by atoms with E-state index in [0.717, 1.165) is 43.6 Å². The molecule has 4 fully saturated rings. The molecule has 4 bridgehead atoms. The molecule has 1 aromatic rings. The van der Waals surface area contributed by atoms with Crippen molar-refractivity contribution in [3.8, 4) is 0 Å². The number of benzene rings is 1. The number of halogens is 2. The van der Waals surface area contributed by atoms with Gasteiger partial charge < -0.3 is 0 Å². The van der Waals surface area contributed by atoms with Crippen molar-refractivity contribution in [1.29, 1.82) is 0 Å². The number of carbonyl (C=O) groups is 1. The molecule has 4 aliphatic rings. The van der Waals surface area contributed by atoms with Gasteiger partial charge in [-0.05, 0) is 67.9 Å². The topological polar surface area (TPSA) is 17.1 Å². The van der Waals surface area contributed by atoms with E-state index in [1.165, 1.54) is 18.6 Å². The van der Waals surface area contributed by atoms with E-state index >= 15 is 0 Å². The second-order valence-electron chi connectivity index (χ2n) is 6.94. The van der Waals surface area contributed by atoms with Crippen molar-refractivity contribution < 1.29 is 13.6 Å². The quantitative estimate of drug-likeness (QED) is 0.739. The third-order valence-corrected chi connectivity index (χ3v) is 5.73. The van der Waals surface area contributed by atoms with Crippen LogP contribution in [0.15, 0.2) is 18.2 Å². The Bertz CT molecular complexity index is 538. The van der Waals surface area contributed by atoms with Crippen molar-refractivity contribution in [3.05, 3.63) is 35.4 Å². The molecule has 4 saturated carbocycles. The van der Waals surface area contributed by atoms with E-state index in [9.17, 15) is 13.6 Å². The Morgan fingerprint density at radius 3 is 2.10 bits per heavy atom.